The van der Waals surface area contributed by atoms with Crippen molar-refractivity contribution in [3.05, 3.63) is 42.0 Å². The summed E-state index contributed by atoms with van der Waals surface area (Å²) >= 11 is 0. The van der Waals surface area contributed by atoms with Gasteiger partial charge < -0.3 is 19.9 Å². The molecular weight excluding hydrogens is 456 g/mol. The third-order valence-corrected chi connectivity index (χ3v) is 6.74. The van der Waals surface area contributed by atoms with Gasteiger partial charge in [0.15, 0.2) is 17.0 Å². The molecule has 1 aromatic carbocycles. The van der Waals surface area contributed by atoms with Crippen molar-refractivity contribution in [2.45, 2.75) is 70.6 Å². The topological polar surface area (TPSA) is 114 Å². The number of hydrogen-bond acceptors (Lipinski definition) is 7. The zero-order valence-corrected chi connectivity index (χ0v) is 21.0. The van der Waals surface area contributed by atoms with E-state index in [1.807, 2.05) is 55.9 Å². The van der Waals surface area contributed by atoms with Gasteiger partial charge in [0.1, 0.15) is 11.4 Å². The number of amides is 1. The number of aromatic amines is 1. The SMILES string of the molecule is CC(C)(C)OC(=O)N1CCC(n2nc(NCc3nc4ccccc4[nH]3)c3ncc(C4CC4)nc32)CC1. The number of benzene rings is 1. The number of carbonyl (C=O) groups is 1. The summed E-state index contributed by atoms with van der Waals surface area (Å²) in [4.78, 5) is 32.1. The molecule has 4 heterocycles. The molecule has 2 fully saturated rings. The van der Waals surface area contributed by atoms with E-state index in [0.29, 0.717) is 31.4 Å². The van der Waals surface area contributed by atoms with E-state index in [2.05, 4.69) is 15.3 Å². The average Bonchev–Trinajstić information content (AvgIpc) is 3.52. The Hall–Kier alpha value is -3.69. The molecule has 2 N–H and O–H groups in total. The fraction of sp³-hybridized carbons (Fsp3) is 0.500. The molecule has 1 saturated carbocycles. The van der Waals surface area contributed by atoms with Crippen molar-refractivity contribution in [3.8, 4) is 0 Å². The molecule has 0 unspecified atom stereocenters. The minimum absolute atomic E-state index is 0.136. The van der Waals surface area contributed by atoms with Crippen LogP contribution in [0.1, 0.15) is 69.9 Å². The lowest BCUT2D eigenvalue weighted by atomic mass is 10.1. The first-order chi connectivity index (χ1) is 17.3. The molecule has 0 atom stereocenters. The Kier molecular flexibility index (Phi) is 5.54. The highest BCUT2D eigenvalue weighted by atomic mass is 16.6. The van der Waals surface area contributed by atoms with Crippen LogP contribution in [-0.4, -0.2) is 59.4 Å². The van der Waals surface area contributed by atoms with Gasteiger partial charge in [0.2, 0.25) is 0 Å². The monoisotopic (exact) mass is 488 g/mol. The summed E-state index contributed by atoms with van der Waals surface area (Å²) < 4.78 is 7.58. The standard InChI is InChI=1S/C26H32N8O2/c1-26(2,3)36-25(35)33-12-10-17(11-13-33)34-24-22(27-14-20(31-24)16-8-9-16)23(32-34)28-15-21-29-18-6-4-5-7-19(18)30-21/h4-7,14,16-17H,8-13,15H2,1-3H3,(H,28,32)(H,29,30). The molecule has 6 rings (SSSR count). The predicted molar refractivity (Wildman–Crippen MR) is 137 cm³/mol. The van der Waals surface area contributed by atoms with E-state index in [1.165, 1.54) is 12.8 Å². The first-order valence-corrected chi connectivity index (χ1v) is 12.7. The van der Waals surface area contributed by atoms with Gasteiger partial charge in [-0.25, -0.2) is 24.4 Å². The van der Waals surface area contributed by atoms with E-state index in [4.69, 9.17) is 19.8 Å². The molecule has 1 amide bonds. The highest BCUT2D eigenvalue weighted by molar-refractivity contribution is 5.83. The summed E-state index contributed by atoms with van der Waals surface area (Å²) in [5, 5.41) is 8.37. The Morgan fingerprint density at radius 3 is 2.64 bits per heavy atom. The normalized spacial score (nSPS) is 17.1. The lowest BCUT2D eigenvalue weighted by Crippen LogP contribution is -2.42. The highest BCUT2D eigenvalue weighted by Crippen LogP contribution is 2.40. The molecular formula is C26H32N8O2. The molecule has 3 aromatic heterocycles. The van der Waals surface area contributed by atoms with Gasteiger partial charge in [-0.2, -0.15) is 5.10 Å². The number of aromatic nitrogens is 6. The maximum absolute atomic E-state index is 12.5. The van der Waals surface area contributed by atoms with Crippen molar-refractivity contribution < 1.29 is 9.53 Å². The van der Waals surface area contributed by atoms with Crippen LogP contribution in [0.3, 0.4) is 0 Å². The summed E-state index contributed by atoms with van der Waals surface area (Å²) in [6.45, 7) is 7.43. The number of anilines is 1. The van der Waals surface area contributed by atoms with Gasteiger partial charge in [-0.05, 0) is 58.6 Å². The summed E-state index contributed by atoms with van der Waals surface area (Å²) in [6.07, 6.45) is 5.54. The number of para-hydroxylation sites is 2. The number of nitrogens with zero attached hydrogens (tertiary/aromatic N) is 6. The van der Waals surface area contributed by atoms with Gasteiger partial charge in [0, 0.05) is 25.2 Å². The lowest BCUT2D eigenvalue weighted by molar-refractivity contribution is 0.0186. The fourth-order valence-corrected chi connectivity index (χ4v) is 4.75. The Balaban J connectivity index is 1.23. The average molecular weight is 489 g/mol. The van der Waals surface area contributed by atoms with Crippen LogP contribution < -0.4 is 5.32 Å². The predicted octanol–water partition coefficient (Wildman–Crippen LogP) is 4.76. The van der Waals surface area contributed by atoms with Crippen LogP contribution in [0.15, 0.2) is 30.5 Å². The van der Waals surface area contributed by atoms with E-state index < -0.39 is 5.60 Å². The first kappa shape index (κ1) is 22.8. The number of nitrogens with one attached hydrogen (secondary N) is 2. The Bertz CT molecular complexity index is 1370. The lowest BCUT2D eigenvalue weighted by Gasteiger charge is -2.33. The smallest absolute Gasteiger partial charge is 0.410 e. The number of H-pyrrole nitrogens is 1. The van der Waals surface area contributed by atoms with Gasteiger partial charge >= 0.3 is 6.09 Å². The van der Waals surface area contributed by atoms with Crippen LogP contribution in [-0.2, 0) is 11.3 Å². The van der Waals surface area contributed by atoms with Gasteiger partial charge in [0.05, 0.1) is 29.3 Å². The number of hydrogen-bond donors (Lipinski definition) is 2. The van der Waals surface area contributed by atoms with Gasteiger partial charge in [0.25, 0.3) is 0 Å². The molecule has 0 bridgehead atoms. The van der Waals surface area contributed by atoms with E-state index >= 15 is 0 Å². The molecule has 10 heteroatoms. The minimum Gasteiger partial charge on any atom is -0.444 e. The molecule has 0 radical (unpaired) electrons. The molecule has 188 valence electrons. The Morgan fingerprint density at radius 1 is 1.14 bits per heavy atom. The maximum Gasteiger partial charge on any atom is 0.410 e. The van der Waals surface area contributed by atoms with Crippen LogP contribution in [0.2, 0.25) is 0 Å². The number of carbonyl (C=O) groups excluding carboxylic acids is 1. The fourth-order valence-electron chi connectivity index (χ4n) is 4.75. The van der Waals surface area contributed by atoms with E-state index in [1.54, 1.807) is 4.90 Å². The second-order valence-corrected chi connectivity index (χ2v) is 10.8. The van der Waals surface area contributed by atoms with Crippen LogP contribution in [0.4, 0.5) is 10.6 Å². The summed E-state index contributed by atoms with van der Waals surface area (Å²) in [5.74, 6) is 2.05. The molecule has 1 aliphatic carbocycles. The van der Waals surface area contributed by atoms with Gasteiger partial charge in [-0.1, -0.05) is 12.1 Å². The van der Waals surface area contributed by atoms with Crippen molar-refractivity contribution in [3.63, 3.8) is 0 Å². The van der Waals surface area contributed by atoms with Crippen LogP contribution in [0.5, 0.6) is 0 Å². The van der Waals surface area contributed by atoms with Crippen LogP contribution in [0.25, 0.3) is 22.2 Å². The van der Waals surface area contributed by atoms with E-state index in [9.17, 15) is 4.79 Å². The molecule has 36 heavy (non-hydrogen) atoms. The molecule has 1 saturated heterocycles. The zero-order valence-electron chi connectivity index (χ0n) is 21.0. The first-order valence-electron chi connectivity index (χ1n) is 12.7. The molecule has 1 aliphatic heterocycles. The summed E-state index contributed by atoms with van der Waals surface area (Å²) in [7, 11) is 0. The number of fused-ring (bicyclic) bond motifs is 2. The number of imidazole rings is 1. The molecule has 10 nitrogen and oxygen atoms in total. The second kappa shape index (κ2) is 8.76. The van der Waals surface area contributed by atoms with Crippen molar-refractivity contribution in [1.29, 1.82) is 0 Å². The number of likely N-dealkylation sites (tertiary alicyclic amines) is 1. The van der Waals surface area contributed by atoms with Gasteiger partial charge in [-0.15, -0.1) is 0 Å². The third kappa shape index (κ3) is 4.59. The maximum atomic E-state index is 12.5. The quantitative estimate of drug-likeness (QED) is 0.416. The van der Waals surface area contributed by atoms with Crippen LogP contribution >= 0.6 is 0 Å². The molecule has 2 aliphatic rings. The number of rotatable bonds is 5. The zero-order chi connectivity index (χ0) is 24.9. The Morgan fingerprint density at radius 2 is 1.92 bits per heavy atom. The number of piperidine rings is 1. The van der Waals surface area contributed by atoms with Gasteiger partial charge in [-0.3, -0.25) is 0 Å². The van der Waals surface area contributed by atoms with Crippen molar-refractivity contribution in [2.24, 2.45) is 0 Å². The van der Waals surface area contributed by atoms with Crippen molar-refractivity contribution in [2.75, 3.05) is 18.4 Å². The third-order valence-electron chi connectivity index (χ3n) is 6.74. The second-order valence-electron chi connectivity index (χ2n) is 10.8. The summed E-state index contributed by atoms with van der Waals surface area (Å²) in [6, 6.07) is 8.13. The molecule has 4 aromatic rings. The van der Waals surface area contributed by atoms with E-state index in [0.717, 1.165) is 46.6 Å². The number of ether oxygens (including phenoxy) is 1. The summed E-state index contributed by atoms with van der Waals surface area (Å²) in [5.41, 5.74) is 4.07. The van der Waals surface area contributed by atoms with E-state index in [-0.39, 0.29) is 12.1 Å². The van der Waals surface area contributed by atoms with Crippen molar-refractivity contribution in [1.82, 2.24) is 34.6 Å². The van der Waals surface area contributed by atoms with Crippen molar-refractivity contribution >= 4 is 34.1 Å². The highest BCUT2D eigenvalue weighted by Gasteiger charge is 2.31. The minimum atomic E-state index is -0.499. The molecule has 0 spiro atoms. The Labute approximate surface area is 209 Å². The van der Waals surface area contributed by atoms with Crippen LogP contribution in [0, 0.1) is 0 Å². The largest absolute Gasteiger partial charge is 0.444 e.